The van der Waals surface area contributed by atoms with Gasteiger partial charge in [-0.3, -0.25) is 4.79 Å². The van der Waals surface area contributed by atoms with E-state index in [1.807, 2.05) is 0 Å². The van der Waals surface area contributed by atoms with Crippen LogP contribution in [0, 0.1) is 5.82 Å². The maximum absolute atomic E-state index is 13.9. The number of carbonyl (C=O) groups excluding carboxylic acids is 1. The lowest BCUT2D eigenvalue weighted by Crippen LogP contribution is -2.30. The summed E-state index contributed by atoms with van der Waals surface area (Å²) in [6.07, 6.45) is 1.32. The number of sulfone groups is 1. The molecule has 1 amide bonds. The normalized spacial score (nSPS) is 11.2. The number of hydrogen-bond donors (Lipinski definition) is 2. The van der Waals surface area contributed by atoms with E-state index in [0.717, 1.165) is 0 Å². The van der Waals surface area contributed by atoms with Crippen LogP contribution >= 0.6 is 0 Å². The van der Waals surface area contributed by atoms with Gasteiger partial charge >= 0.3 is 0 Å². The molecule has 0 saturated carbocycles. The Bertz CT molecular complexity index is 575. The molecule has 0 saturated heterocycles. The first-order valence-electron chi connectivity index (χ1n) is 6.28. The molecule has 0 unspecified atom stereocenters. The maximum Gasteiger partial charge on any atom is 0.254 e. The highest BCUT2D eigenvalue weighted by Gasteiger charge is 2.16. The third-order valence-corrected chi connectivity index (χ3v) is 4.32. The molecule has 0 aliphatic rings. The first-order valence-corrected chi connectivity index (χ1v) is 8.10. The molecular weight excluding hydrogens is 285 g/mol. The van der Waals surface area contributed by atoms with Crippen molar-refractivity contribution in [2.45, 2.75) is 13.8 Å². The van der Waals surface area contributed by atoms with Crippen LogP contribution in [0.2, 0.25) is 0 Å². The van der Waals surface area contributed by atoms with Crippen molar-refractivity contribution in [3.63, 3.8) is 0 Å². The van der Waals surface area contributed by atoms with Crippen molar-refractivity contribution in [3.8, 4) is 0 Å². The van der Waals surface area contributed by atoms with Crippen molar-refractivity contribution in [1.29, 1.82) is 0 Å². The first kappa shape index (κ1) is 16.4. The van der Waals surface area contributed by atoms with E-state index in [1.54, 1.807) is 6.92 Å². The Morgan fingerprint density at radius 2 is 2.10 bits per heavy atom. The Labute approximate surface area is 117 Å². The Balaban J connectivity index is 2.71. The Morgan fingerprint density at radius 1 is 1.40 bits per heavy atom. The van der Waals surface area contributed by atoms with Gasteiger partial charge in [-0.15, -0.1) is 0 Å². The Kier molecular flexibility index (Phi) is 5.87. The highest BCUT2D eigenvalue weighted by atomic mass is 32.2. The summed E-state index contributed by atoms with van der Waals surface area (Å²) < 4.78 is 36.5. The second kappa shape index (κ2) is 7.18. The average molecular weight is 303 g/mol. The van der Waals surface area contributed by atoms with Gasteiger partial charge in [0.25, 0.3) is 5.91 Å². The molecule has 0 bridgehead atoms. The molecule has 112 valence electrons. The second-order valence-corrected chi connectivity index (χ2v) is 6.52. The molecule has 8 heteroatoms. The zero-order valence-electron chi connectivity index (χ0n) is 11.4. The zero-order chi connectivity index (χ0) is 15.2. The van der Waals surface area contributed by atoms with Crippen LogP contribution in [-0.2, 0) is 9.84 Å². The number of aromatic nitrogens is 1. The third kappa shape index (κ3) is 4.44. The van der Waals surface area contributed by atoms with Crippen LogP contribution in [0.25, 0.3) is 0 Å². The number of rotatable bonds is 7. The van der Waals surface area contributed by atoms with Gasteiger partial charge in [0.05, 0.1) is 11.3 Å². The van der Waals surface area contributed by atoms with E-state index in [-0.39, 0.29) is 29.4 Å². The van der Waals surface area contributed by atoms with Gasteiger partial charge in [0.15, 0.2) is 21.5 Å². The minimum absolute atomic E-state index is 0.00123. The van der Waals surface area contributed by atoms with E-state index in [9.17, 15) is 17.6 Å². The third-order valence-electron chi connectivity index (χ3n) is 2.62. The summed E-state index contributed by atoms with van der Waals surface area (Å²) in [6, 6.07) is 1.25. The summed E-state index contributed by atoms with van der Waals surface area (Å²) in [6.45, 7) is 3.74. The highest BCUT2D eigenvalue weighted by molar-refractivity contribution is 7.91. The van der Waals surface area contributed by atoms with Crippen molar-refractivity contribution in [3.05, 3.63) is 23.6 Å². The fourth-order valence-electron chi connectivity index (χ4n) is 1.47. The SMILES string of the molecule is CCNc1nccc(C(=O)NCCS(=O)(=O)CC)c1F. The number of carbonyl (C=O) groups is 1. The quantitative estimate of drug-likeness (QED) is 0.778. The van der Waals surface area contributed by atoms with E-state index in [1.165, 1.54) is 19.2 Å². The lowest BCUT2D eigenvalue weighted by Gasteiger charge is -2.09. The zero-order valence-corrected chi connectivity index (χ0v) is 12.3. The lowest BCUT2D eigenvalue weighted by molar-refractivity contribution is 0.0952. The molecule has 0 aromatic carbocycles. The van der Waals surface area contributed by atoms with Gasteiger partial charge in [-0.25, -0.2) is 17.8 Å². The summed E-state index contributed by atoms with van der Waals surface area (Å²) in [5.41, 5.74) is -0.162. The standard InChI is InChI=1S/C12H18FN3O3S/c1-3-14-11-10(13)9(5-6-15-11)12(17)16-7-8-20(18,19)4-2/h5-6H,3-4,7-8H2,1-2H3,(H,14,15)(H,16,17). The van der Waals surface area contributed by atoms with E-state index in [0.29, 0.717) is 6.54 Å². The predicted molar refractivity (Wildman–Crippen MR) is 75.0 cm³/mol. The van der Waals surface area contributed by atoms with Crippen LogP contribution in [-0.4, -0.2) is 43.9 Å². The predicted octanol–water partition coefficient (Wildman–Crippen LogP) is 0.817. The number of anilines is 1. The van der Waals surface area contributed by atoms with Gasteiger partial charge in [0.2, 0.25) is 0 Å². The van der Waals surface area contributed by atoms with E-state index in [2.05, 4.69) is 15.6 Å². The molecular formula is C12H18FN3O3S. The van der Waals surface area contributed by atoms with Gasteiger partial charge < -0.3 is 10.6 Å². The molecule has 6 nitrogen and oxygen atoms in total. The van der Waals surface area contributed by atoms with Crippen LogP contribution in [0.1, 0.15) is 24.2 Å². The maximum atomic E-state index is 13.9. The van der Waals surface area contributed by atoms with Gasteiger partial charge in [-0.2, -0.15) is 0 Å². The van der Waals surface area contributed by atoms with Crippen LogP contribution in [0.4, 0.5) is 10.2 Å². The second-order valence-electron chi connectivity index (χ2n) is 4.04. The monoisotopic (exact) mass is 303 g/mol. The minimum Gasteiger partial charge on any atom is -0.368 e. The van der Waals surface area contributed by atoms with Gasteiger partial charge in [0.1, 0.15) is 0 Å². The molecule has 0 aliphatic heterocycles. The number of hydrogen-bond acceptors (Lipinski definition) is 5. The van der Waals surface area contributed by atoms with Gasteiger partial charge in [-0.05, 0) is 13.0 Å². The molecule has 1 aromatic rings. The Hall–Kier alpha value is -1.70. The fraction of sp³-hybridized carbons (Fsp3) is 0.500. The van der Waals surface area contributed by atoms with Crippen LogP contribution in [0.3, 0.4) is 0 Å². The van der Waals surface area contributed by atoms with Crippen molar-refractivity contribution in [2.75, 3.05) is 29.9 Å². The molecule has 1 heterocycles. The topological polar surface area (TPSA) is 88.2 Å². The first-order chi connectivity index (χ1) is 9.41. The van der Waals surface area contributed by atoms with Crippen molar-refractivity contribution in [1.82, 2.24) is 10.3 Å². The molecule has 1 aromatic heterocycles. The number of nitrogens with zero attached hydrogens (tertiary/aromatic N) is 1. The molecule has 20 heavy (non-hydrogen) atoms. The summed E-state index contributed by atoms with van der Waals surface area (Å²) in [5, 5.41) is 5.08. The van der Waals surface area contributed by atoms with Crippen molar-refractivity contribution >= 4 is 21.6 Å². The summed E-state index contributed by atoms with van der Waals surface area (Å²) >= 11 is 0. The van der Waals surface area contributed by atoms with Crippen LogP contribution in [0.15, 0.2) is 12.3 Å². The molecule has 0 atom stereocenters. The summed E-state index contributed by atoms with van der Waals surface area (Å²) in [5.74, 6) is -1.55. The van der Waals surface area contributed by atoms with Crippen LogP contribution in [0.5, 0.6) is 0 Å². The van der Waals surface area contributed by atoms with E-state index >= 15 is 0 Å². The lowest BCUT2D eigenvalue weighted by atomic mass is 10.2. The molecule has 0 aliphatic carbocycles. The molecule has 0 radical (unpaired) electrons. The fourth-order valence-corrected chi connectivity index (χ4v) is 2.17. The van der Waals surface area contributed by atoms with Crippen molar-refractivity contribution in [2.24, 2.45) is 0 Å². The summed E-state index contributed by atoms with van der Waals surface area (Å²) in [7, 11) is -3.16. The van der Waals surface area contributed by atoms with E-state index < -0.39 is 21.6 Å². The Morgan fingerprint density at radius 3 is 2.70 bits per heavy atom. The highest BCUT2D eigenvalue weighted by Crippen LogP contribution is 2.14. The van der Waals surface area contributed by atoms with Gasteiger partial charge in [-0.1, -0.05) is 6.92 Å². The number of halogens is 1. The van der Waals surface area contributed by atoms with Gasteiger partial charge in [0, 0.05) is 25.0 Å². The molecule has 0 spiro atoms. The number of nitrogens with one attached hydrogen (secondary N) is 2. The largest absolute Gasteiger partial charge is 0.368 e. The smallest absolute Gasteiger partial charge is 0.254 e. The van der Waals surface area contributed by atoms with Crippen LogP contribution < -0.4 is 10.6 Å². The number of amides is 1. The minimum atomic E-state index is -3.16. The average Bonchev–Trinajstić information content (AvgIpc) is 2.41. The number of pyridine rings is 1. The summed E-state index contributed by atoms with van der Waals surface area (Å²) in [4.78, 5) is 15.6. The van der Waals surface area contributed by atoms with Crippen molar-refractivity contribution < 1.29 is 17.6 Å². The van der Waals surface area contributed by atoms with E-state index in [4.69, 9.17) is 0 Å². The molecule has 0 fully saturated rings. The molecule has 2 N–H and O–H groups in total. The molecule has 1 rings (SSSR count).